The number of ether oxygens (including phenoxy) is 3. The van der Waals surface area contributed by atoms with E-state index in [9.17, 15) is 9.90 Å². The second kappa shape index (κ2) is 6.15. The van der Waals surface area contributed by atoms with Gasteiger partial charge in [-0.1, -0.05) is 0 Å². The second-order valence-corrected chi connectivity index (χ2v) is 5.05. The van der Waals surface area contributed by atoms with Gasteiger partial charge in [0.2, 0.25) is 5.88 Å². The van der Waals surface area contributed by atoms with Crippen molar-refractivity contribution >= 4 is 16.9 Å². The predicted octanol–water partition coefficient (Wildman–Crippen LogP) is 1.82. The van der Waals surface area contributed by atoms with E-state index in [1.54, 1.807) is 12.1 Å². The largest absolute Gasteiger partial charge is 0.493 e. The van der Waals surface area contributed by atoms with E-state index in [2.05, 4.69) is 9.97 Å². The summed E-state index contributed by atoms with van der Waals surface area (Å²) in [5.74, 6) is 0.000308. The van der Waals surface area contributed by atoms with Crippen molar-refractivity contribution < 1.29 is 24.1 Å². The number of esters is 1. The number of aromatic nitrogens is 2. The van der Waals surface area contributed by atoms with Gasteiger partial charge in [0, 0.05) is 19.6 Å². The van der Waals surface area contributed by atoms with Crippen molar-refractivity contribution in [1.82, 2.24) is 9.97 Å². The molecule has 0 bridgehead atoms. The minimum atomic E-state index is -0.459. The summed E-state index contributed by atoms with van der Waals surface area (Å²) in [4.78, 5) is 19.0. The van der Waals surface area contributed by atoms with Crippen LogP contribution >= 0.6 is 0 Å². The minimum Gasteiger partial charge on any atom is -0.493 e. The molecule has 0 amide bonds. The molecule has 1 N–H and O–H groups in total. The molecule has 22 heavy (non-hydrogen) atoms. The van der Waals surface area contributed by atoms with Gasteiger partial charge in [0.05, 0.1) is 17.0 Å². The summed E-state index contributed by atoms with van der Waals surface area (Å²) < 4.78 is 16.4. The fourth-order valence-corrected chi connectivity index (χ4v) is 2.36. The SMILES string of the molecule is CC(=O)Oc1cc2ncnc(O)c2cc1OCC1CCCO1. The third kappa shape index (κ3) is 3.09. The molecule has 3 rings (SSSR count). The maximum absolute atomic E-state index is 11.2. The molecule has 1 aliphatic rings. The van der Waals surface area contributed by atoms with Crippen LogP contribution in [0.4, 0.5) is 0 Å². The van der Waals surface area contributed by atoms with Crippen LogP contribution in [-0.4, -0.2) is 40.4 Å². The molecule has 1 fully saturated rings. The van der Waals surface area contributed by atoms with Gasteiger partial charge in [0.25, 0.3) is 0 Å². The summed E-state index contributed by atoms with van der Waals surface area (Å²) in [6.45, 7) is 2.40. The van der Waals surface area contributed by atoms with Gasteiger partial charge >= 0.3 is 5.97 Å². The van der Waals surface area contributed by atoms with Crippen LogP contribution in [0.25, 0.3) is 10.9 Å². The lowest BCUT2D eigenvalue weighted by Gasteiger charge is -2.15. The zero-order chi connectivity index (χ0) is 15.5. The highest BCUT2D eigenvalue weighted by Crippen LogP contribution is 2.35. The maximum atomic E-state index is 11.2. The first kappa shape index (κ1) is 14.5. The van der Waals surface area contributed by atoms with Gasteiger partial charge in [-0.25, -0.2) is 9.97 Å². The van der Waals surface area contributed by atoms with Crippen LogP contribution in [0.15, 0.2) is 18.5 Å². The highest BCUT2D eigenvalue weighted by atomic mass is 16.6. The summed E-state index contributed by atoms with van der Waals surface area (Å²) in [5, 5.41) is 10.2. The summed E-state index contributed by atoms with van der Waals surface area (Å²) in [6, 6.07) is 3.11. The smallest absolute Gasteiger partial charge is 0.308 e. The number of carbonyl (C=O) groups is 1. The quantitative estimate of drug-likeness (QED) is 0.680. The normalized spacial score (nSPS) is 17.6. The zero-order valence-electron chi connectivity index (χ0n) is 12.1. The fraction of sp³-hybridized carbons (Fsp3) is 0.400. The Hall–Kier alpha value is -2.41. The molecule has 1 aliphatic heterocycles. The molecule has 1 atom stereocenters. The molecular formula is C15H16N2O5. The standard InChI is InChI=1S/C15H16N2O5/c1-9(18)22-14-6-12-11(15(19)17-8-16-12)5-13(14)21-7-10-3-2-4-20-10/h5-6,8,10H,2-4,7H2,1H3,(H,16,17,19). The van der Waals surface area contributed by atoms with Crippen molar-refractivity contribution in [3.8, 4) is 17.4 Å². The van der Waals surface area contributed by atoms with Crippen molar-refractivity contribution in [2.75, 3.05) is 13.2 Å². The van der Waals surface area contributed by atoms with Crippen LogP contribution in [-0.2, 0) is 9.53 Å². The summed E-state index contributed by atoms with van der Waals surface area (Å²) in [5.41, 5.74) is 0.466. The van der Waals surface area contributed by atoms with E-state index in [0.717, 1.165) is 19.4 Å². The Morgan fingerprint density at radius 3 is 3.00 bits per heavy atom. The molecule has 1 aromatic heterocycles. The van der Waals surface area contributed by atoms with Gasteiger partial charge in [-0.2, -0.15) is 0 Å². The minimum absolute atomic E-state index is 0.0292. The number of nitrogens with zero attached hydrogens (tertiary/aromatic N) is 2. The van der Waals surface area contributed by atoms with Crippen molar-refractivity contribution in [3.63, 3.8) is 0 Å². The van der Waals surface area contributed by atoms with Crippen LogP contribution in [0.2, 0.25) is 0 Å². The molecule has 0 spiro atoms. The number of aromatic hydroxyl groups is 1. The van der Waals surface area contributed by atoms with Crippen LogP contribution in [0, 0.1) is 0 Å². The fourth-order valence-electron chi connectivity index (χ4n) is 2.36. The van der Waals surface area contributed by atoms with E-state index in [1.165, 1.54) is 13.3 Å². The Morgan fingerprint density at radius 2 is 2.27 bits per heavy atom. The number of rotatable bonds is 4. The molecule has 0 saturated carbocycles. The molecular weight excluding hydrogens is 288 g/mol. The van der Waals surface area contributed by atoms with Gasteiger partial charge in [0.15, 0.2) is 11.5 Å². The molecule has 1 unspecified atom stereocenters. The Morgan fingerprint density at radius 1 is 1.41 bits per heavy atom. The monoisotopic (exact) mass is 304 g/mol. The van der Waals surface area contributed by atoms with Gasteiger partial charge in [0.1, 0.15) is 12.9 Å². The Kier molecular flexibility index (Phi) is 4.06. The Bertz CT molecular complexity index is 698. The van der Waals surface area contributed by atoms with Crippen LogP contribution in [0.1, 0.15) is 19.8 Å². The van der Waals surface area contributed by atoms with Crippen LogP contribution in [0.5, 0.6) is 17.4 Å². The number of hydrogen-bond acceptors (Lipinski definition) is 7. The van der Waals surface area contributed by atoms with Gasteiger partial charge in [-0.3, -0.25) is 4.79 Å². The average molecular weight is 304 g/mol. The molecule has 1 saturated heterocycles. The van der Waals surface area contributed by atoms with Crippen molar-refractivity contribution in [3.05, 3.63) is 18.5 Å². The lowest BCUT2D eigenvalue weighted by molar-refractivity contribution is -0.132. The van der Waals surface area contributed by atoms with Crippen LogP contribution in [0.3, 0.4) is 0 Å². The molecule has 1 aromatic carbocycles. The van der Waals surface area contributed by atoms with E-state index in [1.807, 2.05) is 0 Å². The van der Waals surface area contributed by atoms with Gasteiger partial charge < -0.3 is 19.3 Å². The lowest BCUT2D eigenvalue weighted by atomic mass is 10.2. The topological polar surface area (TPSA) is 90.8 Å². The molecule has 116 valence electrons. The van der Waals surface area contributed by atoms with Crippen LogP contribution < -0.4 is 9.47 Å². The molecule has 0 aliphatic carbocycles. The molecule has 2 aromatic rings. The second-order valence-electron chi connectivity index (χ2n) is 5.05. The predicted molar refractivity (Wildman–Crippen MR) is 77.0 cm³/mol. The number of benzene rings is 1. The zero-order valence-corrected chi connectivity index (χ0v) is 12.1. The van der Waals surface area contributed by atoms with Crippen molar-refractivity contribution in [2.24, 2.45) is 0 Å². The summed E-state index contributed by atoms with van der Waals surface area (Å²) in [7, 11) is 0. The number of hydrogen-bond donors (Lipinski definition) is 1. The van der Waals surface area contributed by atoms with Gasteiger partial charge in [-0.15, -0.1) is 0 Å². The third-order valence-electron chi connectivity index (χ3n) is 3.38. The summed E-state index contributed by atoms with van der Waals surface area (Å²) >= 11 is 0. The van der Waals surface area contributed by atoms with E-state index >= 15 is 0 Å². The lowest BCUT2D eigenvalue weighted by Crippen LogP contribution is -2.17. The first-order valence-electron chi connectivity index (χ1n) is 7.04. The first-order chi connectivity index (χ1) is 10.6. The molecule has 2 heterocycles. The van der Waals surface area contributed by atoms with E-state index in [0.29, 0.717) is 23.3 Å². The third-order valence-corrected chi connectivity index (χ3v) is 3.38. The van der Waals surface area contributed by atoms with Gasteiger partial charge in [-0.05, 0) is 18.9 Å². The molecule has 0 radical (unpaired) electrons. The Balaban J connectivity index is 1.92. The van der Waals surface area contributed by atoms with Crippen molar-refractivity contribution in [1.29, 1.82) is 0 Å². The van der Waals surface area contributed by atoms with E-state index < -0.39 is 5.97 Å². The van der Waals surface area contributed by atoms with E-state index in [-0.39, 0.29) is 17.7 Å². The molecule has 7 nitrogen and oxygen atoms in total. The molecule has 7 heteroatoms. The highest BCUT2D eigenvalue weighted by Gasteiger charge is 2.19. The maximum Gasteiger partial charge on any atom is 0.308 e. The van der Waals surface area contributed by atoms with Crippen molar-refractivity contribution in [2.45, 2.75) is 25.9 Å². The number of carbonyl (C=O) groups excluding carboxylic acids is 1. The number of fused-ring (bicyclic) bond motifs is 1. The first-order valence-corrected chi connectivity index (χ1v) is 7.04. The average Bonchev–Trinajstić information content (AvgIpc) is 2.98. The summed E-state index contributed by atoms with van der Waals surface area (Å²) in [6.07, 6.45) is 3.21. The van der Waals surface area contributed by atoms with E-state index in [4.69, 9.17) is 14.2 Å². The Labute approximate surface area is 126 Å². The highest BCUT2D eigenvalue weighted by molar-refractivity contribution is 5.87.